The van der Waals surface area contributed by atoms with Crippen molar-refractivity contribution in [1.82, 2.24) is 10.3 Å². The van der Waals surface area contributed by atoms with Gasteiger partial charge in [-0.3, -0.25) is 4.79 Å². The Morgan fingerprint density at radius 3 is 2.46 bits per heavy atom. The Morgan fingerprint density at radius 2 is 1.85 bits per heavy atom. The van der Waals surface area contributed by atoms with Gasteiger partial charge >= 0.3 is 0 Å². The van der Waals surface area contributed by atoms with Crippen molar-refractivity contribution in [3.05, 3.63) is 50.1 Å². The molecule has 1 aliphatic rings. The third kappa shape index (κ3) is 4.65. The molecule has 2 unspecified atom stereocenters. The number of sulfonamides is 1. The molecule has 5 nitrogen and oxygen atoms in total. The Morgan fingerprint density at radius 1 is 1.15 bits per heavy atom. The van der Waals surface area contributed by atoms with Crippen LogP contribution in [0.25, 0.3) is 0 Å². The summed E-state index contributed by atoms with van der Waals surface area (Å²) in [6.45, 7) is 1.89. The van der Waals surface area contributed by atoms with Crippen LogP contribution in [0.1, 0.15) is 36.3 Å². The number of hydrazine groups is 1. The first-order chi connectivity index (χ1) is 12.2. The molecule has 140 valence electrons. The standard InChI is InChI=1S/C17H18Cl2N2O3S2/c1-10-2-4-14(5-3-10)26(23,24)21-20-12-6-11(7-13(22)8-12)15-9-16(18)25-17(15)19/h2-5,9,11-12,20-21H,6-8H2,1H3. The average Bonchev–Trinajstić information content (AvgIpc) is 2.91. The maximum atomic E-state index is 12.4. The van der Waals surface area contributed by atoms with Gasteiger partial charge in [0.2, 0.25) is 0 Å². The number of hydrogen-bond acceptors (Lipinski definition) is 5. The lowest BCUT2D eigenvalue weighted by atomic mass is 9.82. The number of benzene rings is 1. The summed E-state index contributed by atoms with van der Waals surface area (Å²) in [5, 5.41) is 0. The summed E-state index contributed by atoms with van der Waals surface area (Å²) < 4.78 is 25.9. The van der Waals surface area contributed by atoms with Crippen molar-refractivity contribution in [2.45, 2.75) is 43.0 Å². The van der Waals surface area contributed by atoms with Crippen LogP contribution in [0.15, 0.2) is 35.2 Å². The average molecular weight is 433 g/mol. The van der Waals surface area contributed by atoms with E-state index in [4.69, 9.17) is 23.2 Å². The normalized spacial score (nSPS) is 21.1. The van der Waals surface area contributed by atoms with Gasteiger partial charge in [0, 0.05) is 18.9 Å². The number of nitrogens with one attached hydrogen (secondary N) is 2. The predicted molar refractivity (Wildman–Crippen MR) is 104 cm³/mol. The second kappa shape index (κ2) is 7.96. The van der Waals surface area contributed by atoms with Gasteiger partial charge in [0.25, 0.3) is 10.0 Å². The first kappa shape index (κ1) is 19.8. The smallest absolute Gasteiger partial charge is 0.253 e. The van der Waals surface area contributed by atoms with Crippen molar-refractivity contribution in [3.8, 4) is 0 Å². The highest BCUT2D eigenvalue weighted by molar-refractivity contribution is 7.89. The molecule has 1 heterocycles. The van der Waals surface area contributed by atoms with Gasteiger partial charge in [-0.2, -0.15) is 0 Å². The van der Waals surface area contributed by atoms with Gasteiger partial charge in [-0.15, -0.1) is 16.2 Å². The Balaban J connectivity index is 1.68. The minimum atomic E-state index is -3.70. The number of carbonyl (C=O) groups is 1. The number of hydrogen-bond donors (Lipinski definition) is 2. The summed E-state index contributed by atoms with van der Waals surface area (Å²) in [6, 6.07) is 8.03. The van der Waals surface area contributed by atoms with Gasteiger partial charge < -0.3 is 0 Å². The van der Waals surface area contributed by atoms with E-state index in [1.54, 1.807) is 30.3 Å². The summed E-state index contributed by atoms with van der Waals surface area (Å²) in [5.74, 6) is -0.0134. The maximum Gasteiger partial charge on any atom is 0.253 e. The number of Topliss-reactive ketones (excluding diaryl/α,β-unsaturated/α-hetero) is 1. The second-order valence-electron chi connectivity index (χ2n) is 6.42. The second-order valence-corrected chi connectivity index (χ2v) is 10.4. The maximum absolute atomic E-state index is 12.4. The predicted octanol–water partition coefficient (Wildman–Crippen LogP) is 4.05. The van der Waals surface area contributed by atoms with Crippen LogP contribution in [-0.4, -0.2) is 20.2 Å². The van der Waals surface area contributed by atoms with Gasteiger partial charge in [0.05, 0.1) is 13.6 Å². The van der Waals surface area contributed by atoms with Crippen LogP contribution in [0.4, 0.5) is 0 Å². The first-order valence-electron chi connectivity index (χ1n) is 8.05. The highest BCUT2D eigenvalue weighted by Gasteiger charge is 2.31. The number of halogens is 2. The Labute approximate surface area is 166 Å². The minimum Gasteiger partial charge on any atom is -0.300 e. The van der Waals surface area contributed by atoms with Crippen LogP contribution in [0.3, 0.4) is 0 Å². The van der Waals surface area contributed by atoms with E-state index >= 15 is 0 Å². The molecule has 0 bridgehead atoms. The zero-order valence-electron chi connectivity index (χ0n) is 14.0. The van der Waals surface area contributed by atoms with Crippen molar-refractivity contribution in [3.63, 3.8) is 0 Å². The van der Waals surface area contributed by atoms with Crippen LogP contribution in [0, 0.1) is 6.92 Å². The lowest BCUT2D eigenvalue weighted by molar-refractivity contribution is -0.121. The number of aryl methyl sites for hydroxylation is 1. The summed E-state index contributed by atoms with van der Waals surface area (Å²) >= 11 is 13.5. The van der Waals surface area contributed by atoms with Crippen LogP contribution in [-0.2, 0) is 14.8 Å². The molecule has 1 aliphatic carbocycles. The molecule has 1 aromatic carbocycles. The number of thiophene rings is 1. The molecular formula is C17H18Cl2N2O3S2. The molecule has 26 heavy (non-hydrogen) atoms. The molecule has 0 amide bonds. The molecule has 2 N–H and O–H groups in total. The third-order valence-electron chi connectivity index (χ3n) is 4.37. The molecule has 2 aromatic rings. The van der Waals surface area contributed by atoms with Crippen molar-refractivity contribution in [2.75, 3.05) is 0 Å². The van der Waals surface area contributed by atoms with Gasteiger partial charge in [0.1, 0.15) is 5.78 Å². The molecule has 1 aromatic heterocycles. The van der Waals surface area contributed by atoms with E-state index in [1.807, 2.05) is 6.92 Å². The molecule has 3 rings (SSSR count). The van der Waals surface area contributed by atoms with E-state index in [1.165, 1.54) is 11.3 Å². The van der Waals surface area contributed by atoms with E-state index in [0.717, 1.165) is 11.1 Å². The topological polar surface area (TPSA) is 75.3 Å². The SMILES string of the molecule is Cc1ccc(S(=O)(=O)NNC2CC(=O)CC(c3cc(Cl)sc3Cl)C2)cc1. The molecule has 0 aliphatic heterocycles. The fourth-order valence-corrected chi connectivity index (χ4v) is 5.62. The number of carbonyl (C=O) groups excluding carboxylic acids is 1. The van der Waals surface area contributed by atoms with E-state index in [0.29, 0.717) is 21.5 Å². The summed E-state index contributed by atoms with van der Waals surface area (Å²) in [4.78, 5) is 14.7. The van der Waals surface area contributed by atoms with Crippen molar-refractivity contribution in [2.24, 2.45) is 0 Å². The lowest BCUT2D eigenvalue weighted by Crippen LogP contribution is -2.47. The van der Waals surface area contributed by atoms with E-state index < -0.39 is 10.0 Å². The van der Waals surface area contributed by atoms with Crippen LogP contribution in [0.2, 0.25) is 8.67 Å². The minimum absolute atomic E-state index is 0.0617. The van der Waals surface area contributed by atoms with Gasteiger partial charge in [-0.25, -0.2) is 13.8 Å². The fraction of sp³-hybridized carbons (Fsp3) is 0.353. The van der Waals surface area contributed by atoms with Crippen LogP contribution < -0.4 is 10.3 Å². The highest BCUT2D eigenvalue weighted by atomic mass is 35.5. The molecule has 9 heteroatoms. The molecule has 1 fully saturated rings. The quantitative estimate of drug-likeness (QED) is 0.698. The van der Waals surface area contributed by atoms with Crippen molar-refractivity contribution in [1.29, 1.82) is 0 Å². The summed E-state index contributed by atoms with van der Waals surface area (Å²) in [6.07, 6.45) is 1.24. The molecule has 2 atom stereocenters. The van der Waals surface area contributed by atoms with Gasteiger partial charge in [0.15, 0.2) is 0 Å². The molecule has 0 saturated heterocycles. The zero-order chi connectivity index (χ0) is 18.9. The van der Waals surface area contributed by atoms with Crippen LogP contribution >= 0.6 is 34.5 Å². The Bertz CT molecular complexity index is 911. The van der Waals surface area contributed by atoms with Crippen molar-refractivity contribution >= 4 is 50.3 Å². The zero-order valence-corrected chi connectivity index (χ0v) is 17.1. The molecular weight excluding hydrogens is 415 g/mol. The lowest BCUT2D eigenvalue weighted by Gasteiger charge is -2.29. The fourth-order valence-electron chi connectivity index (χ4n) is 3.06. The van der Waals surface area contributed by atoms with Gasteiger partial charge in [-0.1, -0.05) is 40.9 Å². The van der Waals surface area contributed by atoms with Crippen molar-refractivity contribution < 1.29 is 13.2 Å². The molecule has 0 spiro atoms. The number of rotatable bonds is 5. The van der Waals surface area contributed by atoms with E-state index in [2.05, 4.69) is 10.3 Å². The van der Waals surface area contributed by atoms with E-state index in [-0.39, 0.29) is 29.1 Å². The Hall–Kier alpha value is -0.960. The highest BCUT2D eigenvalue weighted by Crippen LogP contribution is 2.41. The number of ketones is 1. The molecule has 0 radical (unpaired) electrons. The third-order valence-corrected chi connectivity index (χ3v) is 7.17. The largest absolute Gasteiger partial charge is 0.300 e. The first-order valence-corrected chi connectivity index (χ1v) is 11.1. The summed E-state index contributed by atoms with van der Waals surface area (Å²) in [5.41, 5.74) is 4.63. The van der Waals surface area contributed by atoms with Crippen LogP contribution in [0.5, 0.6) is 0 Å². The summed E-state index contributed by atoms with van der Waals surface area (Å²) in [7, 11) is -3.70. The van der Waals surface area contributed by atoms with E-state index in [9.17, 15) is 13.2 Å². The Kier molecular flexibility index (Phi) is 6.06. The van der Waals surface area contributed by atoms with Gasteiger partial charge in [-0.05, 0) is 43.0 Å². The molecule has 1 saturated carbocycles. The monoisotopic (exact) mass is 432 g/mol.